The van der Waals surface area contributed by atoms with Crippen LogP contribution in [0.5, 0.6) is 0 Å². The lowest BCUT2D eigenvalue weighted by atomic mass is 10.1. The van der Waals surface area contributed by atoms with E-state index in [2.05, 4.69) is 0 Å². The number of benzene rings is 1. The van der Waals surface area contributed by atoms with Gasteiger partial charge in [0.15, 0.2) is 0 Å². The summed E-state index contributed by atoms with van der Waals surface area (Å²) in [7, 11) is 0. The van der Waals surface area contributed by atoms with Crippen molar-refractivity contribution in [1.82, 2.24) is 5.32 Å². The first-order valence-electron chi connectivity index (χ1n) is 7.23. The van der Waals surface area contributed by atoms with Gasteiger partial charge < -0.3 is 4.74 Å². The molecule has 2 amide bonds. The maximum Gasteiger partial charge on any atom is 0.398 e. The lowest BCUT2D eigenvalue weighted by Gasteiger charge is -2.11. The van der Waals surface area contributed by atoms with Crippen molar-refractivity contribution >= 4 is 23.6 Å². The number of nitrogens with one attached hydrogen (secondary N) is 1. The molecule has 0 saturated carbocycles. The van der Waals surface area contributed by atoms with Crippen LogP contribution < -0.4 is 5.32 Å². The number of thioether (sulfide) groups is 1. The minimum Gasteiger partial charge on any atom is -0.501 e. The van der Waals surface area contributed by atoms with Gasteiger partial charge in [0.2, 0.25) is 5.91 Å². The van der Waals surface area contributed by atoms with Crippen molar-refractivity contribution in [3.63, 3.8) is 0 Å². The van der Waals surface area contributed by atoms with Gasteiger partial charge in [0.1, 0.15) is 5.82 Å². The van der Waals surface area contributed by atoms with E-state index < -0.39 is 36.0 Å². The van der Waals surface area contributed by atoms with Crippen LogP contribution >= 0.6 is 11.8 Å². The van der Waals surface area contributed by atoms with Crippen LogP contribution in [0.2, 0.25) is 0 Å². The first-order chi connectivity index (χ1) is 11.6. The maximum atomic E-state index is 13.9. The Bertz CT molecular complexity index is 660. The minimum absolute atomic E-state index is 0.0886. The summed E-state index contributed by atoms with van der Waals surface area (Å²) in [5, 5.41) is 2.01. The molecule has 9 heteroatoms. The Labute approximate surface area is 146 Å². The highest BCUT2D eigenvalue weighted by atomic mass is 32.2. The Balaban J connectivity index is 2.77. The fourth-order valence-electron chi connectivity index (χ4n) is 1.75. The van der Waals surface area contributed by atoms with Crippen LogP contribution in [0, 0.1) is 12.7 Å². The van der Waals surface area contributed by atoms with E-state index in [4.69, 9.17) is 4.74 Å². The van der Waals surface area contributed by atoms with Crippen LogP contribution in [0.25, 0.3) is 0 Å². The van der Waals surface area contributed by atoms with E-state index in [1.165, 1.54) is 13.0 Å². The summed E-state index contributed by atoms with van der Waals surface area (Å²) in [6.07, 6.45) is -2.72. The van der Waals surface area contributed by atoms with Crippen LogP contribution in [0.15, 0.2) is 29.4 Å². The van der Waals surface area contributed by atoms with Crippen molar-refractivity contribution in [3.8, 4) is 0 Å². The number of imide groups is 1. The summed E-state index contributed by atoms with van der Waals surface area (Å²) in [6, 6.07) is 2.26. The predicted octanol–water partition coefficient (Wildman–Crippen LogP) is 3.52. The third-order valence-corrected chi connectivity index (χ3v) is 4.05. The first-order valence-corrected chi connectivity index (χ1v) is 8.21. The number of amides is 2. The summed E-state index contributed by atoms with van der Waals surface area (Å²) in [6.45, 7) is 3.54. The molecule has 0 radical (unpaired) electrons. The third-order valence-electron chi connectivity index (χ3n) is 2.83. The average molecular weight is 379 g/mol. The van der Waals surface area contributed by atoms with Gasteiger partial charge in [-0.1, -0.05) is 0 Å². The van der Waals surface area contributed by atoms with Crippen LogP contribution in [-0.2, 0) is 20.7 Å². The standard InChI is InChI=1S/C16H17F4NO3S/c1-3-24-5-4-14(22)21-15(23)8-11-7-13(10(2)6-12(11)17)25-9-16(18,19)20/h4-7H,3,8-9H2,1-2H3,(H,21,22,23)/b5-4+. The molecule has 1 aromatic carbocycles. The molecule has 138 valence electrons. The van der Waals surface area contributed by atoms with Gasteiger partial charge in [0.05, 0.1) is 25.0 Å². The topological polar surface area (TPSA) is 55.4 Å². The molecular formula is C16H17F4NO3S. The van der Waals surface area contributed by atoms with Gasteiger partial charge in [0.25, 0.3) is 5.91 Å². The van der Waals surface area contributed by atoms with E-state index in [1.54, 1.807) is 6.92 Å². The third kappa shape index (κ3) is 8.06. The van der Waals surface area contributed by atoms with E-state index in [1.807, 2.05) is 5.32 Å². The van der Waals surface area contributed by atoms with E-state index in [-0.39, 0.29) is 10.5 Å². The SMILES string of the molecule is CCO/C=C/C(=O)NC(=O)Cc1cc(SCC(F)(F)F)c(C)cc1F. The molecule has 1 rings (SSSR count). The van der Waals surface area contributed by atoms with Gasteiger partial charge >= 0.3 is 6.18 Å². The Morgan fingerprint density at radius 3 is 2.60 bits per heavy atom. The van der Waals surface area contributed by atoms with Crippen molar-refractivity contribution in [3.05, 3.63) is 41.4 Å². The first kappa shape index (κ1) is 21.0. The summed E-state index contributed by atoms with van der Waals surface area (Å²) >= 11 is 0.513. The van der Waals surface area contributed by atoms with Gasteiger partial charge in [-0.2, -0.15) is 13.2 Å². The quantitative estimate of drug-likeness (QED) is 0.341. The molecule has 0 unspecified atom stereocenters. The number of carbonyl (C=O) groups excluding carboxylic acids is 2. The van der Waals surface area contributed by atoms with Crippen molar-refractivity contribution in [1.29, 1.82) is 0 Å². The van der Waals surface area contributed by atoms with Gasteiger partial charge in [-0.15, -0.1) is 11.8 Å². The highest BCUT2D eigenvalue weighted by molar-refractivity contribution is 7.99. The average Bonchev–Trinajstić information content (AvgIpc) is 2.48. The number of hydrogen-bond acceptors (Lipinski definition) is 4. The highest BCUT2D eigenvalue weighted by Gasteiger charge is 2.27. The van der Waals surface area contributed by atoms with Crippen LogP contribution in [-0.4, -0.2) is 30.4 Å². The Kier molecular flexibility index (Phi) is 7.95. The fraction of sp³-hybridized carbons (Fsp3) is 0.375. The lowest BCUT2D eigenvalue weighted by Crippen LogP contribution is -2.30. The van der Waals surface area contributed by atoms with Gasteiger partial charge in [-0.3, -0.25) is 14.9 Å². The number of alkyl halides is 3. The summed E-state index contributed by atoms with van der Waals surface area (Å²) in [4.78, 5) is 23.4. The van der Waals surface area contributed by atoms with E-state index in [0.29, 0.717) is 23.9 Å². The lowest BCUT2D eigenvalue weighted by molar-refractivity contribution is -0.127. The van der Waals surface area contributed by atoms with Crippen LogP contribution in [0.4, 0.5) is 17.6 Å². The van der Waals surface area contributed by atoms with Crippen molar-refractivity contribution in [2.45, 2.75) is 31.3 Å². The number of carbonyl (C=O) groups is 2. The Morgan fingerprint density at radius 1 is 1.32 bits per heavy atom. The zero-order valence-electron chi connectivity index (χ0n) is 13.6. The number of aryl methyl sites for hydroxylation is 1. The molecule has 0 saturated heterocycles. The largest absolute Gasteiger partial charge is 0.501 e. The molecule has 0 fully saturated rings. The molecule has 1 N–H and O–H groups in total. The second-order valence-electron chi connectivity index (χ2n) is 4.96. The van der Waals surface area contributed by atoms with E-state index in [0.717, 1.165) is 18.4 Å². The zero-order chi connectivity index (χ0) is 19.0. The summed E-state index contributed by atoms with van der Waals surface area (Å²) < 4.78 is 55.7. The molecule has 25 heavy (non-hydrogen) atoms. The smallest absolute Gasteiger partial charge is 0.398 e. The maximum absolute atomic E-state index is 13.9. The second-order valence-corrected chi connectivity index (χ2v) is 5.98. The zero-order valence-corrected chi connectivity index (χ0v) is 14.4. The van der Waals surface area contributed by atoms with Crippen molar-refractivity contribution in [2.75, 3.05) is 12.4 Å². The highest BCUT2D eigenvalue weighted by Crippen LogP contribution is 2.31. The molecule has 0 aliphatic heterocycles. The van der Waals surface area contributed by atoms with E-state index >= 15 is 0 Å². The molecular weight excluding hydrogens is 362 g/mol. The normalized spacial score (nSPS) is 11.6. The second kappa shape index (κ2) is 9.45. The molecule has 0 bridgehead atoms. The monoisotopic (exact) mass is 379 g/mol. The van der Waals surface area contributed by atoms with Crippen LogP contribution in [0.3, 0.4) is 0 Å². The number of rotatable bonds is 7. The van der Waals surface area contributed by atoms with Gasteiger partial charge in [-0.05, 0) is 37.1 Å². The van der Waals surface area contributed by atoms with Crippen LogP contribution in [0.1, 0.15) is 18.1 Å². The minimum atomic E-state index is -4.36. The van der Waals surface area contributed by atoms with Gasteiger partial charge in [-0.25, -0.2) is 4.39 Å². The molecule has 0 heterocycles. The molecule has 1 aromatic rings. The Morgan fingerprint density at radius 2 is 2.00 bits per heavy atom. The number of halogens is 4. The number of hydrogen-bond donors (Lipinski definition) is 1. The molecule has 0 spiro atoms. The summed E-state index contributed by atoms with van der Waals surface area (Å²) in [5.74, 6) is -3.36. The summed E-state index contributed by atoms with van der Waals surface area (Å²) in [5.41, 5.74) is 0.251. The predicted molar refractivity (Wildman–Crippen MR) is 85.5 cm³/mol. The molecule has 0 aliphatic rings. The molecule has 4 nitrogen and oxygen atoms in total. The molecule has 0 aliphatic carbocycles. The molecule has 0 aromatic heterocycles. The fourth-order valence-corrected chi connectivity index (χ4v) is 2.58. The number of ether oxygens (including phenoxy) is 1. The Hall–Kier alpha value is -2.03. The molecule has 0 atom stereocenters. The van der Waals surface area contributed by atoms with Crippen molar-refractivity contribution in [2.24, 2.45) is 0 Å². The van der Waals surface area contributed by atoms with Gasteiger partial charge in [0, 0.05) is 11.0 Å². The van der Waals surface area contributed by atoms with Crippen molar-refractivity contribution < 1.29 is 31.9 Å². The van der Waals surface area contributed by atoms with E-state index in [9.17, 15) is 27.2 Å².